The summed E-state index contributed by atoms with van der Waals surface area (Å²) in [5.74, 6) is 4.96. The molecule has 0 aromatic carbocycles. The summed E-state index contributed by atoms with van der Waals surface area (Å²) in [6.07, 6.45) is 12.4. The molecule has 4 aliphatic carbocycles. The second-order valence-corrected chi connectivity index (χ2v) is 8.26. The molecule has 2 heterocycles. The minimum Gasteiger partial charge on any atom is -0.332 e. The molecule has 0 atom stereocenters. The molecule has 4 bridgehead atoms. The molecule has 4 heteroatoms. The van der Waals surface area contributed by atoms with Crippen molar-refractivity contribution in [2.24, 2.45) is 36.6 Å². The molecule has 0 aliphatic heterocycles. The van der Waals surface area contributed by atoms with Crippen molar-refractivity contribution in [1.82, 2.24) is 14.3 Å². The van der Waals surface area contributed by atoms with E-state index in [4.69, 9.17) is 0 Å². The molecule has 4 aliphatic rings. The van der Waals surface area contributed by atoms with E-state index in [1.54, 1.807) is 12.3 Å². The van der Waals surface area contributed by atoms with Gasteiger partial charge in [0.1, 0.15) is 5.65 Å². The maximum atomic E-state index is 12.0. The fraction of sp³-hybridized carbons (Fsp3) is 0.684. The van der Waals surface area contributed by atoms with Crippen LogP contribution >= 0.6 is 0 Å². The summed E-state index contributed by atoms with van der Waals surface area (Å²) in [7, 11) is 1.93. The average molecular weight is 311 g/mol. The predicted molar refractivity (Wildman–Crippen MR) is 90.1 cm³/mol. The van der Waals surface area contributed by atoms with Gasteiger partial charge in [0.05, 0.1) is 11.6 Å². The number of aromatic nitrogens is 3. The van der Waals surface area contributed by atoms with Crippen LogP contribution in [0.5, 0.6) is 0 Å². The summed E-state index contributed by atoms with van der Waals surface area (Å²) in [5, 5.41) is 5.03. The monoisotopic (exact) mass is 311 g/mol. The van der Waals surface area contributed by atoms with Gasteiger partial charge in [-0.3, -0.25) is 9.48 Å². The summed E-state index contributed by atoms with van der Waals surface area (Å²) < 4.78 is 4.09. The standard InChI is InChI=1S/C19H25N3O/c1-21-19-17(11-20-21)18(23)3-5-22(19)4-2-16-14-7-12-6-13(9-14)10-15(16)8-12/h3,5,11-16H,2,4,6-10H2,1H3. The lowest BCUT2D eigenvalue weighted by atomic mass is 9.51. The number of hydrogen-bond acceptors (Lipinski definition) is 2. The van der Waals surface area contributed by atoms with Crippen LogP contribution in [0.2, 0.25) is 0 Å². The van der Waals surface area contributed by atoms with Crippen molar-refractivity contribution in [3.05, 3.63) is 28.7 Å². The van der Waals surface area contributed by atoms with E-state index < -0.39 is 0 Å². The van der Waals surface area contributed by atoms with Gasteiger partial charge >= 0.3 is 0 Å². The smallest absolute Gasteiger partial charge is 0.192 e. The van der Waals surface area contributed by atoms with Gasteiger partial charge in [-0.1, -0.05) is 0 Å². The largest absolute Gasteiger partial charge is 0.332 e. The first-order chi connectivity index (χ1) is 11.2. The highest BCUT2D eigenvalue weighted by atomic mass is 16.1. The van der Waals surface area contributed by atoms with Crippen LogP contribution in [0.25, 0.3) is 11.0 Å². The third kappa shape index (κ3) is 2.10. The second kappa shape index (κ2) is 4.96. The lowest BCUT2D eigenvalue weighted by molar-refractivity contribution is -0.0409. The SMILES string of the molecule is Cn1ncc2c(=O)ccn(CCC3C4CC5CC(C4)CC3C5)c21. The normalized spacial score (nSPS) is 35.3. The average Bonchev–Trinajstić information content (AvgIpc) is 2.91. The number of hydrogen-bond donors (Lipinski definition) is 0. The van der Waals surface area contributed by atoms with Gasteiger partial charge in [-0.05, 0) is 68.1 Å². The first-order valence-corrected chi connectivity index (χ1v) is 9.20. The van der Waals surface area contributed by atoms with Crippen LogP contribution in [0.4, 0.5) is 0 Å². The Kier molecular flexibility index (Phi) is 2.98. The van der Waals surface area contributed by atoms with E-state index in [1.807, 2.05) is 17.9 Å². The molecule has 0 amide bonds. The molecule has 0 spiro atoms. The summed E-state index contributed by atoms with van der Waals surface area (Å²) in [6.45, 7) is 1.02. The minimum atomic E-state index is 0.0824. The Hall–Kier alpha value is -1.58. The van der Waals surface area contributed by atoms with Crippen molar-refractivity contribution in [1.29, 1.82) is 0 Å². The van der Waals surface area contributed by atoms with Gasteiger partial charge in [0.2, 0.25) is 0 Å². The first-order valence-electron chi connectivity index (χ1n) is 9.20. The van der Waals surface area contributed by atoms with Crippen molar-refractivity contribution in [3.8, 4) is 0 Å². The van der Waals surface area contributed by atoms with E-state index in [0.29, 0.717) is 0 Å². The summed E-state index contributed by atoms with van der Waals surface area (Å²) in [6, 6.07) is 1.70. The molecule has 4 fully saturated rings. The number of rotatable bonds is 3. The van der Waals surface area contributed by atoms with E-state index in [2.05, 4.69) is 9.67 Å². The Morgan fingerprint density at radius 3 is 2.52 bits per heavy atom. The molecule has 0 saturated heterocycles. The highest BCUT2D eigenvalue weighted by Gasteiger charge is 2.47. The topological polar surface area (TPSA) is 39.8 Å². The lowest BCUT2D eigenvalue weighted by Crippen LogP contribution is -2.45. The van der Waals surface area contributed by atoms with Crippen LogP contribution in [0.3, 0.4) is 0 Å². The Balaban J connectivity index is 1.40. The van der Waals surface area contributed by atoms with E-state index in [0.717, 1.165) is 47.2 Å². The molecule has 2 aromatic heterocycles. The van der Waals surface area contributed by atoms with Gasteiger partial charge in [0, 0.05) is 25.9 Å². The van der Waals surface area contributed by atoms with Gasteiger partial charge in [-0.25, -0.2) is 0 Å². The Labute approximate surface area is 136 Å². The second-order valence-electron chi connectivity index (χ2n) is 8.26. The highest BCUT2D eigenvalue weighted by molar-refractivity contribution is 5.74. The Morgan fingerprint density at radius 2 is 1.83 bits per heavy atom. The molecule has 4 nitrogen and oxygen atoms in total. The molecule has 4 saturated carbocycles. The van der Waals surface area contributed by atoms with Crippen molar-refractivity contribution in [2.45, 2.75) is 45.1 Å². The summed E-state index contributed by atoms with van der Waals surface area (Å²) in [4.78, 5) is 12.0. The Bertz CT molecular complexity index is 775. The minimum absolute atomic E-state index is 0.0824. The quantitative estimate of drug-likeness (QED) is 0.873. The van der Waals surface area contributed by atoms with Gasteiger partial charge in [0.25, 0.3) is 0 Å². The van der Waals surface area contributed by atoms with Gasteiger partial charge < -0.3 is 4.57 Å². The van der Waals surface area contributed by atoms with E-state index in [-0.39, 0.29) is 5.43 Å². The van der Waals surface area contributed by atoms with Crippen molar-refractivity contribution < 1.29 is 0 Å². The van der Waals surface area contributed by atoms with E-state index >= 15 is 0 Å². The predicted octanol–water partition coefficient (Wildman–Crippen LogP) is 3.20. The zero-order valence-corrected chi connectivity index (χ0v) is 13.8. The van der Waals surface area contributed by atoms with Crippen molar-refractivity contribution in [2.75, 3.05) is 0 Å². The van der Waals surface area contributed by atoms with Crippen LogP contribution in [0.1, 0.15) is 38.5 Å². The molecule has 0 unspecified atom stereocenters. The molecule has 23 heavy (non-hydrogen) atoms. The zero-order chi connectivity index (χ0) is 15.6. The maximum Gasteiger partial charge on any atom is 0.192 e. The van der Waals surface area contributed by atoms with Crippen LogP contribution in [0, 0.1) is 29.6 Å². The van der Waals surface area contributed by atoms with Gasteiger partial charge in [-0.2, -0.15) is 5.10 Å². The number of nitrogens with zero attached hydrogens (tertiary/aromatic N) is 3. The van der Waals surface area contributed by atoms with Crippen LogP contribution in [0.15, 0.2) is 23.3 Å². The van der Waals surface area contributed by atoms with Gasteiger partial charge in [0.15, 0.2) is 5.43 Å². The van der Waals surface area contributed by atoms with Crippen LogP contribution in [-0.2, 0) is 13.6 Å². The molecular formula is C19H25N3O. The fourth-order valence-corrected chi connectivity index (χ4v) is 6.24. The van der Waals surface area contributed by atoms with Crippen LogP contribution in [-0.4, -0.2) is 14.3 Å². The van der Waals surface area contributed by atoms with Crippen molar-refractivity contribution >= 4 is 11.0 Å². The number of pyridine rings is 1. The third-order valence-electron chi connectivity index (χ3n) is 6.98. The molecule has 2 aromatic rings. The van der Waals surface area contributed by atoms with Crippen LogP contribution < -0.4 is 5.43 Å². The number of fused-ring (bicyclic) bond motifs is 1. The molecular weight excluding hydrogens is 286 g/mol. The summed E-state index contributed by atoms with van der Waals surface area (Å²) in [5.41, 5.74) is 1.06. The van der Waals surface area contributed by atoms with E-state index in [1.165, 1.54) is 38.5 Å². The van der Waals surface area contributed by atoms with E-state index in [9.17, 15) is 4.79 Å². The third-order valence-corrected chi connectivity index (χ3v) is 6.98. The summed E-state index contributed by atoms with van der Waals surface area (Å²) >= 11 is 0. The molecule has 122 valence electrons. The number of aryl methyl sites for hydroxylation is 2. The molecule has 0 N–H and O–H groups in total. The highest BCUT2D eigenvalue weighted by Crippen LogP contribution is 2.57. The fourth-order valence-electron chi connectivity index (χ4n) is 6.24. The maximum absolute atomic E-state index is 12.0. The molecule has 6 rings (SSSR count). The first kappa shape index (κ1) is 13.8. The zero-order valence-electron chi connectivity index (χ0n) is 13.8. The van der Waals surface area contributed by atoms with Gasteiger partial charge in [-0.15, -0.1) is 0 Å². The molecule has 0 radical (unpaired) electrons. The van der Waals surface area contributed by atoms with Crippen molar-refractivity contribution in [3.63, 3.8) is 0 Å². The Morgan fingerprint density at radius 1 is 1.13 bits per heavy atom. The lowest BCUT2D eigenvalue weighted by Gasteiger charge is -2.54.